The highest BCUT2D eigenvalue weighted by Crippen LogP contribution is 2.27. The van der Waals surface area contributed by atoms with E-state index in [-0.39, 0.29) is 17.3 Å². The first-order valence-corrected chi connectivity index (χ1v) is 10.3. The molecular weight excluding hydrogens is 348 g/mol. The molecule has 1 aliphatic heterocycles. The van der Waals surface area contributed by atoms with Crippen molar-refractivity contribution in [2.45, 2.75) is 18.9 Å². The molecule has 2 heterocycles. The number of sulfone groups is 1. The molecule has 0 unspecified atom stereocenters. The van der Waals surface area contributed by atoms with Crippen molar-refractivity contribution in [3.8, 4) is 0 Å². The first-order valence-electron chi connectivity index (χ1n) is 8.22. The maximum absolute atomic E-state index is 13.9. The third-order valence-corrected chi connectivity index (χ3v) is 5.41. The van der Waals surface area contributed by atoms with Crippen LogP contribution in [0.3, 0.4) is 0 Å². The van der Waals surface area contributed by atoms with Crippen LogP contribution in [0.25, 0.3) is 10.9 Å². The monoisotopic (exact) mass is 369 g/mol. The fourth-order valence-electron chi connectivity index (χ4n) is 3.12. The third-order valence-electron chi connectivity index (χ3n) is 4.49. The third kappa shape index (κ3) is 4.64. The van der Waals surface area contributed by atoms with E-state index in [1.54, 1.807) is 6.07 Å². The van der Waals surface area contributed by atoms with Crippen molar-refractivity contribution < 1.29 is 17.2 Å². The highest BCUT2D eigenvalue weighted by atomic mass is 32.2. The van der Waals surface area contributed by atoms with Crippen LogP contribution in [0.2, 0.25) is 0 Å². The Morgan fingerprint density at radius 2 is 2.00 bits per heavy atom. The van der Waals surface area contributed by atoms with Gasteiger partial charge in [-0.1, -0.05) is 0 Å². The van der Waals surface area contributed by atoms with E-state index in [2.05, 4.69) is 15.2 Å². The average Bonchev–Trinajstić information content (AvgIpc) is 2.54. The molecule has 1 fully saturated rings. The van der Waals surface area contributed by atoms with Crippen LogP contribution in [0, 0.1) is 11.6 Å². The molecule has 0 saturated carbocycles. The van der Waals surface area contributed by atoms with E-state index in [4.69, 9.17) is 0 Å². The van der Waals surface area contributed by atoms with Crippen molar-refractivity contribution in [1.82, 2.24) is 9.88 Å². The number of fused-ring (bicyclic) bond motifs is 1. The topological polar surface area (TPSA) is 62.3 Å². The largest absolute Gasteiger partial charge is 0.382 e. The van der Waals surface area contributed by atoms with Crippen LogP contribution in [0.5, 0.6) is 0 Å². The van der Waals surface area contributed by atoms with E-state index in [0.717, 1.165) is 32.0 Å². The summed E-state index contributed by atoms with van der Waals surface area (Å²) in [5.74, 6) is -1.13. The Bertz CT molecular complexity index is 866. The van der Waals surface area contributed by atoms with E-state index in [0.29, 0.717) is 17.6 Å². The Hall–Kier alpha value is -1.80. The molecule has 3 rings (SSSR count). The van der Waals surface area contributed by atoms with Crippen LogP contribution in [-0.4, -0.2) is 56.0 Å². The standard InChI is InChI=1S/C17H21F2N3O2S/c1-25(23,24)9-8-22-6-3-13(4-7-22)21-16-2-5-20-17-14(16)10-12(18)11-15(17)19/h2,5,10-11,13H,3-4,6-9H2,1H3,(H,20,21). The van der Waals surface area contributed by atoms with Crippen molar-refractivity contribution >= 4 is 26.4 Å². The molecule has 8 heteroatoms. The second-order valence-electron chi connectivity index (χ2n) is 6.53. The highest BCUT2D eigenvalue weighted by Gasteiger charge is 2.21. The zero-order valence-corrected chi connectivity index (χ0v) is 14.8. The maximum Gasteiger partial charge on any atom is 0.152 e. The van der Waals surface area contributed by atoms with Crippen molar-refractivity contribution in [3.63, 3.8) is 0 Å². The van der Waals surface area contributed by atoms with Gasteiger partial charge >= 0.3 is 0 Å². The zero-order valence-electron chi connectivity index (χ0n) is 14.0. The minimum atomic E-state index is -2.95. The number of piperidine rings is 1. The Morgan fingerprint density at radius 3 is 2.68 bits per heavy atom. The maximum atomic E-state index is 13.9. The number of halogens is 2. The molecule has 25 heavy (non-hydrogen) atoms. The van der Waals surface area contributed by atoms with E-state index in [9.17, 15) is 17.2 Å². The molecule has 0 atom stereocenters. The molecule has 0 radical (unpaired) electrons. The van der Waals surface area contributed by atoms with Crippen molar-refractivity contribution in [1.29, 1.82) is 0 Å². The van der Waals surface area contributed by atoms with Gasteiger partial charge in [-0.25, -0.2) is 17.2 Å². The molecule has 1 saturated heterocycles. The number of likely N-dealkylation sites (tertiary alicyclic amines) is 1. The van der Waals surface area contributed by atoms with Gasteiger partial charge in [0.2, 0.25) is 0 Å². The Kier molecular flexibility index (Phi) is 5.19. The smallest absolute Gasteiger partial charge is 0.152 e. The summed E-state index contributed by atoms with van der Waals surface area (Å²) in [6.07, 6.45) is 4.43. The lowest BCUT2D eigenvalue weighted by molar-refractivity contribution is 0.230. The van der Waals surface area contributed by atoms with E-state index in [1.807, 2.05) is 0 Å². The van der Waals surface area contributed by atoms with Crippen molar-refractivity contribution in [2.75, 3.05) is 37.0 Å². The van der Waals surface area contributed by atoms with Gasteiger partial charge in [-0.05, 0) is 25.0 Å². The van der Waals surface area contributed by atoms with Gasteiger partial charge in [-0.15, -0.1) is 0 Å². The Morgan fingerprint density at radius 1 is 1.28 bits per heavy atom. The molecule has 1 aromatic heterocycles. The van der Waals surface area contributed by atoms with Crippen LogP contribution < -0.4 is 5.32 Å². The number of rotatable bonds is 5. The normalized spacial score (nSPS) is 17.1. The number of nitrogens with zero attached hydrogens (tertiary/aromatic N) is 2. The van der Waals surface area contributed by atoms with Gasteiger partial charge in [0.05, 0.1) is 5.75 Å². The molecule has 1 aliphatic rings. The van der Waals surface area contributed by atoms with Gasteiger partial charge in [0.15, 0.2) is 5.82 Å². The second-order valence-corrected chi connectivity index (χ2v) is 8.79. The van der Waals surface area contributed by atoms with Crippen LogP contribution >= 0.6 is 0 Å². The predicted molar refractivity (Wildman–Crippen MR) is 94.5 cm³/mol. The number of aromatic nitrogens is 1. The minimum Gasteiger partial charge on any atom is -0.382 e. The summed E-state index contributed by atoms with van der Waals surface area (Å²) in [5, 5.41) is 3.78. The van der Waals surface area contributed by atoms with Gasteiger partial charge in [-0.3, -0.25) is 4.98 Å². The predicted octanol–water partition coefficient (Wildman–Crippen LogP) is 2.43. The lowest BCUT2D eigenvalue weighted by Crippen LogP contribution is -2.41. The van der Waals surface area contributed by atoms with Gasteiger partial charge in [0, 0.05) is 55.3 Å². The Balaban J connectivity index is 1.66. The summed E-state index contributed by atoms with van der Waals surface area (Å²) in [4.78, 5) is 6.12. The number of nitrogens with one attached hydrogen (secondary N) is 1. The number of anilines is 1. The number of benzene rings is 1. The summed E-state index contributed by atoms with van der Waals surface area (Å²) in [7, 11) is -2.95. The summed E-state index contributed by atoms with van der Waals surface area (Å²) >= 11 is 0. The summed E-state index contributed by atoms with van der Waals surface area (Å²) in [5.41, 5.74) is 0.815. The summed E-state index contributed by atoms with van der Waals surface area (Å²) in [6, 6.07) is 4.01. The number of hydrogen-bond donors (Lipinski definition) is 1. The highest BCUT2D eigenvalue weighted by molar-refractivity contribution is 7.90. The molecule has 0 aliphatic carbocycles. The number of pyridine rings is 1. The van der Waals surface area contributed by atoms with Crippen LogP contribution in [-0.2, 0) is 9.84 Å². The van der Waals surface area contributed by atoms with Gasteiger partial charge < -0.3 is 10.2 Å². The SMILES string of the molecule is CS(=O)(=O)CCN1CCC(Nc2ccnc3c(F)cc(F)cc23)CC1. The molecule has 0 spiro atoms. The van der Waals surface area contributed by atoms with Crippen LogP contribution in [0.15, 0.2) is 24.4 Å². The minimum absolute atomic E-state index is 0.150. The fourth-order valence-corrected chi connectivity index (χ4v) is 3.71. The quantitative estimate of drug-likeness (QED) is 0.877. The molecule has 5 nitrogen and oxygen atoms in total. The van der Waals surface area contributed by atoms with Gasteiger partial charge in [-0.2, -0.15) is 0 Å². The van der Waals surface area contributed by atoms with E-state index >= 15 is 0 Å². The molecule has 136 valence electrons. The van der Waals surface area contributed by atoms with Crippen LogP contribution in [0.4, 0.5) is 14.5 Å². The van der Waals surface area contributed by atoms with Crippen molar-refractivity contribution in [2.24, 2.45) is 0 Å². The van der Waals surface area contributed by atoms with Crippen LogP contribution in [0.1, 0.15) is 12.8 Å². The van der Waals surface area contributed by atoms with Gasteiger partial charge in [0.25, 0.3) is 0 Å². The lowest BCUT2D eigenvalue weighted by atomic mass is 10.0. The molecule has 2 aromatic rings. The second kappa shape index (κ2) is 7.21. The summed E-state index contributed by atoms with van der Waals surface area (Å²) in [6.45, 7) is 2.12. The molecule has 0 amide bonds. The zero-order chi connectivity index (χ0) is 18.0. The molecule has 1 N–H and O–H groups in total. The van der Waals surface area contributed by atoms with E-state index in [1.165, 1.54) is 18.5 Å². The summed E-state index contributed by atoms with van der Waals surface area (Å²) < 4.78 is 49.9. The lowest BCUT2D eigenvalue weighted by Gasteiger charge is -2.32. The molecule has 0 bridgehead atoms. The Labute approximate surface area is 146 Å². The molecular formula is C17H21F2N3O2S. The van der Waals surface area contributed by atoms with Gasteiger partial charge in [0.1, 0.15) is 21.2 Å². The van der Waals surface area contributed by atoms with Crippen molar-refractivity contribution in [3.05, 3.63) is 36.0 Å². The van der Waals surface area contributed by atoms with E-state index < -0.39 is 21.5 Å². The number of hydrogen-bond acceptors (Lipinski definition) is 5. The molecule has 1 aromatic carbocycles. The first-order chi connectivity index (χ1) is 11.8. The fraction of sp³-hybridized carbons (Fsp3) is 0.471. The average molecular weight is 369 g/mol. The first kappa shape index (κ1) is 18.0.